The lowest BCUT2D eigenvalue weighted by Gasteiger charge is -2.05. The van der Waals surface area contributed by atoms with Gasteiger partial charge in [-0.1, -0.05) is 47.7 Å². The van der Waals surface area contributed by atoms with Crippen molar-refractivity contribution in [1.29, 1.82) is 0 Å². The minimum Gasteiger partial charge on any atom is -0.478 e. The summed E-state index contributed by atoms with van der Waals surface area (Å²) >= 11 is 2.97. The molecule has 0 aliphatic rings. The molecule has 0 aliphatic carbocycles. The molecule has 0 unspecified atom stereocenters. The van der Waals surface area contributed by atoms with E-state index in [-0.39, 0.29) is 5.91 Å². The zero-order valence-corrected chi connectivity index (χ0v) is 18.8. The van der Waals surface area contributed by atoms with Crippen LogP contribution in [0.15, 0.2) is 57.0 Å². The van der Waals surface area contributed by atoms with E-state index in [1.165, 1.54) is 18.3 Å². The standard InChI is InChI=1S/C12H14N6OS2.C8H8O2/c1-3-20-12-18-17-11(21-12)16-15-9-5-4-8(13)6-10(9)14-7(2)19;1-6-2-4-7(5-3-6)8(9)10/h4-6H,3,13H2,1-2H3,(H,14,19);2-5H,1H3,(H,9,10). The van der Waals surface area contributed by atoms with E-state index in [4.69, 9.17) is 10.8 Å². The molecule has 0 fully saturated rings. The van der Waals surface area contributed by atoms with Crippen molar-refractivity contribution in [2.45, 2.75) is 25.1 Å². The highest BCUT2D eigenvalue weighted by Crippen LogP contribution is 2.31. The third-order valence-corrected chi connectivity index (χ3v) is 5.36. The van der Waals surface area contributed by atoms with Gasteiger partial charge < -0.3 is 16.2 Å². The summed E-state index contributed by atoms with van der Waals surface area (Å²) in [5.74, 6) is -0.147. The lowest BCUT2D eigenvalue weighted by atomic mass is 10.2. The fraction of sp³-hybridized carbons (Fsp3) is 0.200. The zero-order valence-electron chi connectivity index (χ0n) is 17.2. The lowest BCUT2D eigenvalue weighted by molar-refractivity contribution is -0.114. The molecule has 31 heavy (non-hydrogen) atoms. The molecule has 2 aromatic carbocycles. The van der Waals surface area contributed by atoms with Gasteiger partial charge in [0, 0.05) is 12.6 Å². The number of azo groups is 1. The Hall–Kier alpha value is -3.31. The van der Waals surface area contributed by atoms with Crippen molar-refractivity contribution in [2.75, 3.05) is 16.8 Å². The summed E-state index contributed by atoms with van der Waals surface area (Å²) in [6, 6.07) is 11.8. The number of nitrogens with zero attached hydrogens (tertiary/aromatic N) is 4. The summed E-state index contributed by atoms with van der Waals surface area (Å²) in [5, 5.41) is 27.7. The van der Waals surface area contributed by atoms with E-state index in [1.54, 1.807) is 54.2 Å². The van der Waals surface area contributed by atoms with Crippen LogP contribution < -0.4 is 11.1 Å². The third kappa shape index (κ3) is 8.15. The van der Waals surface area contributed by atoms with Crippen LogP contribution in [0.4, 0.5) is 22.2 Å². The second kappa shape index (κ2) is 11.8. The molecule has 3 rings (SSSR count). The number of aryl methyl sites for hydroxylation is 1. The minimum atomic E-state index is -0.875. The molecule has 0 bridgehead atoms. The largest absolute Gasteiger partial charge is 0.478 e. The number of amides is 1. The molecule has 1 amide bonds. The van der Waals surface area contributed by atoms with Gasteiger partial charge in [-0.3, -0.25) is 4.79 Å². The van der Waals surface area contributed by atoms with Gasteiger partial charge in [0.1, 0.15) is 5.69 Å². The quantitative estimate of drug-likeness (QED) is 0.258. The fourth-order valence-corrected chi connectivity index (χ4v) is 3.71. The monoisotopic (exact) mass is 458 g/mol. The van der Waals surface area contributed by atoms with Crippen LogP contribution in [0.25, 0.3) is 0 Å². The fourth-order valence-electron chi connectivity index (χ4n) is 2.15. The number of benzene rings is 2. The van der Waals surface area contributed by atoms with Gasteiger partial charge in [-0.2, -0.15) is 0 Å². The second-order valence-corrected chi connectivity index (χ2v) is 8.58. The van der Waals surface area contributed by atoms with Crippen LogP contribution in [-0.4, -0.2) is 32.9 Å². The number of carboxylic acids is 1. The normalized spacial score (nSPS) is 10.4. The third-order valence-electron chi connectivity index (χ3n) is 3.54. The first-order valence-electron chi connectivity index (χ1n) is 9.13. The Morgan fingerprint density at radius 3 is 2.48 bits per heavy atom. The van der Waals surface area contributed by atoms with E-state index in [1.807, 2.05) is 13.8 Å². The van der Waals surface area contributed by atoms with Crippen molar-refractivity contribution in [3.8, 4) is 0 Å². The van der Waals surface area contributed by atoms with E-state index in [0.29, 0.717) is 27.8 Å². The summed E-state index contributed by atoms with van der Waals surface area (Å²) in [7, 11) is 0. The number of carbonyl (C=O) groups is 2. The number of hydrogen-bond acceptors (Lipinski definition) is 9. The van der Waals surface area contributed by atoms with Crippen LogP contribution in [-0.2, 0) is 4.79 Å². The highest BCUT2D eigenvalue weighted by Gasteiger charge is 2.06. The Morgan fingerprint density at radius 2 is 1.87 bits per heavy atom. The molecule has 1 heterocycles. The summed E-state index contributed by atoms with van der Waals surface area (Å²) in [6.07, 6.45) is 0. The number of nitrogen functional groups attached to an aromatic ring is 1. The first kappa shape index (κ1) is 24.0. The maximum atomic E-state index is 11.2. The Bertz CT molecular complexity index is 1070. The van der Waals surface area contributed by atoms with Gasteiger partial charge in [0.2, 0.25) is 5.91 Å². The van der Waals surface area contributed by atoms with Crippen molar-refractivity contribution in [2.24, 2.45) is 10.2 Å². The summed E-state index contributed by atoms with van der Waals surface area (Å²) in [4.78, 5) is 21.5. The number of nitrogens with two attached hydrogens (primary N) is 1. The number of aromatic carboxylic acids is 1. The van der Waals surface area contributed by atoms with Crippen LogP contribution >= 0.6 is 23.1 Å². The average Bonchev–Trinajstić information content (AvgIpc) is 3.15. The Kier molecular flexibility index (Phi) is 9.10. The van der Waals surface area contributed by atoms with Crippen LogP contribution in [0.2, 0.25) is 0 Å². The molecule has 0 aliphatic heterocycles. The Labute approximate surface area is 187 Å². The summed E-state index contributed by atoms with van der Waals surface area (Å²) in [5.41, 5.74) is 8.68. The van der Waals surface area contributed by atoms with E-state index < -0.39 is 5.97 Å². The molecule has 162 valence electrons. The molecule has 4 N–H and O–H groups in total. The second-order valence-electron chi connectivity index (χ2n) is 6.11. The van der Waals surface area contributed by atoms with Crippen LogP contribution in [0, 0.1) is 6.92 Å². The van der Waals surface area contributed by atoms with E-state index in [2.05, 4.69) is 25.7 Å². The maximum absolute atomic E-state index is 11.2. The van der Waals surface area contributed by atoms with E-state index in [9.17, 15) is 9.59 Å². The van der Waals surface area contributed by atoms with Crippen LogP contribution in [0.1, 0.15) is 29.8 Å². The number of anilines is 2. The number of aromatic nitrogens is 2. The van der Waals surface area contributed by atoms with Gasteiger partial charge in [0.05, 0.1) is 11.3 Å². The van der Waals surface area contributed by atoms with Crippen molar-refractivity contribution in [1.82, 2.24) is 10.2 Å². The Morgan fingerprint density at radius 1 is 1.16 bits per heavy atom. The maximum Gasteiger partial charge on any atom is 0.335 e. The predicted molar refractivity (Wildman–Crippen MR) is 124 cm³/mol. The first-order valence-corrected chi connectivity index (χ1v) is 10.9. The molecule has 9 nitrogen and oxygen atoms in total. The number of carboxylic acid groups (broad SMARTS) is 1. The van der Waals surface area contributed by atoms with Gasteiger partial charge in [-0.25, -0.2) is 4.79 Å². The predicted octanol–water partition coefficient (Wildman–Crippen LogP) is 5.30. The van der Waals surface area contributed by atoms with Gasteiger partial charge in [-0.15, -0.1) is 20.4 Å². The molecule has 0 saturated heterocycles. The van der Waals surface area contributed by atoms with Crippen molar-refractivity contribution in [3.05, 3.63) is 53.6 Å². The van der Waals surface area contributed by atoms with Crippen LogP contribution in [0.3, 0.4) is 0 Å². The van der Waals surface area contributed by atoms with Gasteiger partial charge >= 0.3 is 5.97 Å². The SMILES string of the molecule is CCSc1nnc(N=Nc2ccc(N)cc2NC(C)=O)s1.Cc1ccc(C(=O)O)cc1. The number of thioether (sulfide) groups is 1. The molecule has 11 heteroatoms. The molecular formula is C20H22N6O3S2. The number of carbonyl (C=O) groups excluding carboxylic acids is 1. The zero-order chi connectivity index (χ0) is 22.8. The Balaban J connectivity index is 0.000000285. The number of nitrogens with one attached hydrogen (secondary N) is 1. The van der Waals surface area contributed by atoms with Crippen molar-refractivity contribution in [3.63, 3.8) is 0 Å². The first-order chi connectivity index (χ1) is 14.8. The lowest BCUT2D eigenvalue weighted by Crippen LogP contribution is -2.06. The van der Waals surface area contributed by atoms with Gasteiger partial charge in [0.15, 0.2) is 4.34 Å². The molecule has 0 spiro atoms. The van der Waals surface area contributed by atoms with Crippen LogP contribution in [0.5, 0.6) is 0 Å². The average molecular weight is 459 g/mol. The summed E-state index contributed by atoms with van der Waals surface area (Å²) < 4.78 is 0.853. The summed E-state index contributed by atoms with van der Waals surface area (Å²) in [6.45, 7) is 5.38. The van der Waals surface area contributed by atoms with Crippen molar-refractivity contribution >= 4 is 57.2 Å². The molecule has 0 saturated carbocycles. The molecular weight excluding hydrogens is 436 g/mol. The van der Waals surface area contributed by atoms with Crippen molar-refractivity contribution < 1.29 is 14.7 Å². The smallest absolute Gasteiger partial charge is 0.335 e. The topological polar surface area (TPSA) is 143 Å². The number of rotatable bonds is 6. The minimum absolute atomic E-state index is 0.199. The van der Waals surface area contributed by atoms with Gasteiger partial charge in [0.25, 0.3) is 5.13 Å². The molecule has 0 atom stereocenters. The van der Waals surface area contributed by atoms with E-state index >= 15 is 0 Å². The van der Waals surface area contributed by atoms with Gasteiger partial charge in [-0.05, 0) is 43.0 Å². The molecule has 0 radical (unpaired) electrons. The number of hydrogen-bond donors (Lipinski definition) is 3. The molecule has 1 aromatic heterocycles. The molecule has 3 aromatic rings. The highest BCUT2D eigenvalue weighted by molar-refractivity contribution is 8.01. The highest BCUT2D eigenvalue weighted by atomic mass is 32.2. The van der Waals surface area contributed by atoms with E-state index in [0.717, 1.165) is 15.7 Å².